The Kier molecular flexibility index (Phi) is 4.01. The summed E-state index contributed by atoms with van der Waals surface area (Å²) in [4.78, 5) is 13.6. The average Bonchev–Trinajstić information content (AvgIpc) is 3.22. The van der Waals surface area contributed by atoms with Gasteiger partial charge in [-0.15, -0.1) is 0 Å². The zero-order chi connectivity index (χ0) is 18.9. The lowest BCUT2D eigenvalue weighted by Gasteiger charge is -2.17. The highest BCUT2D eigenvalue weighted by molar-refractivity contribution is 5.90. The number of benzene rings is 2. The number of pyridine rings is 1. The van der Waals surface area contributed by atoms with Crippen LogP contribution in [0.15, 0.2) is 67.0 Å². The SMILES string of the molecule is C[C@@H](Nc1nc(-c2ccncc2)nc2ccccc12)c1ccc2c(c1)OCO2. The molecule has 0 saturated carbocycles. The number of nitrogens with zero attached hydrogens (tertiary/aromatic N) is 3. The molecule has 138 valence electrons. The summed E-state index contributed by atoms with van der Waals surface area (Å²) in [5, 5.41) is 4.52. The predicted octanol–water partition coefficient (Wildman–Crippen LogP) is 4.59. The summed E-state index contributed by atoms with van der Waals surface area (Å²) < 4.78 is 10.9. The molecule has 2 aromatic carbocycles. The predicted molar refractivity (Wildman–Crippen MR) is 107 cm³/mol. The van der Waals surface area contributed by atoms with Crippen molar-refractivity contribution >= 4 is 16.7 Å². The van der Waals surface area contributed by atoms with Crippen LogP contribution in [0.2, 0.25) is 0 Å². The quantitative estimate of drug-likeness (QED) is 0.566. The summed E-state index contributed by atoms with van der Waals surface area (Å²) in [6.45, 7) is 2.37. The number of fused-ring (bicyclic) bond motifs is 2. The molecular formula is C22H18N4O2. The molecule has 0 unspecified atom stereocenters. The smallest absolute Gasteiger partial charge is 0.231 e. The molecule has 0 bridgehead atoms. The molecule has 1 N–H and O–H groups in total. The van der Waals surface area contributed by atoms with Gasteiger partial charge in [0.1, 0.15) is 5.82 Å². The van der Waals surface area contributed by atoms with Crippen molar-refractivity contribution in [1.82, 2.24) is 15.0 Å². The fourth-order valence-electron chi connectivity index (χ4n) is 3.29. The highest BCUT2D eigenvalue weighted by Crippen LogP contribution is 2.35. The molecule has 0 radical (unpaired) electrons. The minimum absolute atomic E-state index is 0.0260. The van der Waals surface area contributed by atoms with Gasteiger partial charge in [0.25, 0.3) is 0 Å². The molecule has 0 aliphatic carbocycles. The lowest BCUT2D eigenvalue weighted by Crippen LogP contribution is -2.09. The normalized spacial score (nSPS) is 13.5. The molecule has 0 fully saturated rings. The van der Waals surface area contributed by atoms with Gasteiger partial charge in [-0.3, -0.25) is 4.98 Å². The number of rotatable bonds is 4. The van der Waals surface area contributed by atoms with E-state index in [4.69, 9.17) is 19.4 Å². The van der Waals surface area contributed by atoms with Gasteiger partial charge in [0.2, 0.25) is 6.79 Å². The minimum atomic E-state index is 0.0260. The van der Waals surface area contributed by atoms with Crippen molar-refractivity contribution in [2.75, 3.05) is 12.1 Å². The molecular weight excluding hydrogens is 352 g/mol. The minimum Gasteiger partial charge on any atom is -0.454 e. The van der Waals surface area contributed by atoms with Crippen molar-refractivity contribution in [2.24, 2.45) is 0 Å². The van der Waals surface area contributed by atoms with E-state index < -0.39 is 0 Å². The molecule has 5 rings (SSSR count). The highest BCUT2D eigenvalue weighted by Gasteiger charge is 2.17. The molecule has 0 saturated heterocycles. The number of nitrogens with one attached hydrogen (secondary N) is 1. The first-order valence-electron chi connectivity index (χ1n) is 9.11. The largest absolute Gasteiger partial charge is 0.454 e. The van der Waals surface area contributed by atoms with Crippen LogP contribution in [0.5, 0.6) is 11.5 Å². The molecule has 1 atom stereocenters. The van der Waals surface area contributed by atoms with Crippen LogP contribution in [-0.4, -0.2) is 21.7 Å². The topological polar surface area (TPSA) is 69.2 Å². The molecule has 1 aliphatic rings. The van der Waals surface area contributed by atoms with E-state index in [9.17, 15) is 0 Å². The summed E-state index contributed by atoms with van der Waals surface area (Å²) in [5.74, 6) is 3.02. The summed E-state index contributed by atoms with van der Waals surface area (Å²) in [5.41, 5.74) is 2.92. The van der Waals surface area contributed by atoms with Crippen LogP contribution in [0.1, 0.15) is 18.5 Å². The first-order valence-corrected chi connectivity index (χ1v) is 9.11. The van der Waals surface area contributed by atoms with E-state index >= 15 is 0 Å². The monoisotopic (exact) mass is 370 g/mol. The Hall–Kier alpha value is -3.67. The Labute approximate surface area is 162 Å². The van der Waals surface area contributed by atoms with E-state index in [2.05, 4.69) is 17.2 Å². The first-order chi connectivity index (χ1) is 13.8. The summed E-state index contributed by atoms with van der Waals surface area (Å²) in [6.07, 6.45) is 3.49. The Morgan fingerprint density at radius 3 is 2.64 bits per heavy atom. The van der Waals surface area contributed by atoms with Crippen molar-refractivity contribution in [2.45, 2.75) is 13.0 Å². The molecule has 6 heteroatoms. The Morgan fingerprint density at radius 2 is 1.75 bits per heavy atom. The second kappa shape index (κ2) is 6.81. The van der Waals surface area contributed by atoms with Crippen molar-refractivity contribution < 1.29 is 9.47 Å². The van der Waals surface area contributed by atoms with Crippen molar-refractivity contribution in [1.29, 1.82) is 0 Å². The van der Waals surface area contributed by atoms with E-state index in [1.54, 1.807) is 12.4 Å². The third kappa shape index (κ3) is 2.99. The third-order valence-corrected chi connectivity index (χ3v) is 4.79. The van der Waals surface area contributed by atoms with E-state index in [1.165, 1.54) is 0 Å². The van der Waals surface area contributed by atoms with Crippen LogP contribution in [0, 0.1) is 0 Å². The molecule has 28 heavy (non-hydrogen) atoms. The third-order valence-electron chi connectivity index (χ3n) is 4.79. The fourth-order valence-corrected chi connectivity index (χ4v) is 3.29. The molecule has 0 spiro atoms. The van der Waals surface area contributed by atoms with E-state index in [0.717, 1.165) is 39.3 Å². The Balaban J connectivity index is 1.54. The number of para-hydroxylation sites is 1. The van der Waals surface area contributed by atoms with Gasteiger partial charge in [0.15, 0.2) is 17.3 Å². The van der Waals surface area contributed by atoms with Gasteiger partial charge in [0.05, 0.1) is 11.6 Å². The zero-order valence-electron chi connectivity index (χ0n) is 15.3. The van der Waals surface area contributed by atoms with Crippen LogP contribution in [0.4, 0.5) is 5.82 Å². The van der Waals surface area contributed by atoms with Crippen LogP contribution in [0.25, 0.3) is 22.3 Å². The summed E-state index contributed by atoms with van der Waals surface area (Å²) in [7, 11) is 0. The van der Waals surface area contributed by atoms with Gasteiger partial charge in [-0.2, -0.15) is 0 Å². The van der Waals surface area contributed by atoms with Gasteiger partial charge < -0.3 is 14.8 Å². The number of hydrogen-bond acceptors (Lipinski definition) is 6. The van der Waals surface area contributed by atoms with Gasteiger partial charge >= 0.3 is 0 Å². The van der Waals surface area contributed by atoms with Gasteiger partial charge in [-0.05, 0) is 48.9 Å². The molecule has 6 nitrogen and oxygen atoms in total. The molecule has 0 amide bonds. The molecule has 3 heterocycles. The number of anilines is 1. The van der Waals surface area contributed by atoms with Crippen LogP contribution in [0.3, 0.4) is 0 Å². The number of aromatic nitrogens is 3. The number of ether oxygens (including phenoxy) is 2. The van der Waals surface area contributed by atoms with Gasteiger partial charge in [0, 0.05) is 23.3 Å². The van der Waals surface area contributed by atoms with Crippen LogP contribution < -0.4 is 14.8 Å². The van der Waals surface area contributed by atoms with Crippen molar-refractivity contribution in [3.63, 3.8) is 0 Å². The van der Waals surface area contributed by atoms with Crippen LogP contribution in [-0.2, 0) is 0 Å². The van der Waals surface area contributed by atoms with Crippen molar-refractivity contribution in [3.05, 3.63) is 72.6 Å². The lowest BCUT2D eigenvalue weighted by atomic mass is 10.1. The highest BCUT2D eigenvalue weighted by atomic mass is 16.7. The zero-order valence-corrected chi connectivity index (χ0v) is 15.3. The standard InChI is InChI=1S/C22H18N4O2/c1-14(16-6-7-19-20(12-16)28-13-27-19)24-22-17-4-2-3-5-18(17)25-21(26-22)15-8-10-23-11-9-15/h2-12,14H,13H2,1H3,(H,24,25,26)/t14-/m1/s1. The maximum absolute atomic E-state index is 5.51. The van der Waals surface area contributed by atoms with Crippen LogP contribution >= 0.6 is 0 Å². The van der Waals surface area contributed by atoms with E-state index in [0.29, 0.717) is 5.82 Å². The van der Waals surface area contributed by atoms with Crippen molar-refractivity contribution in [3.8, 4) is 22.9 Å². The summed E-state index contributed by atoms with van der Waals surface area (Å²) >= 11 is 0. The Morgan fingerprint density at radius 1 is 0.929 bits per heavy atom. The molecule has 4 aromatic rings. The Bertz CT molecular complexity index is 1150. The summed E-state index contributed by atoms with van der Waals surface area (Å²) in [6, 6.07) is 17.8. The maximum Gasteiger partial charge on any atom is 0.231 e. The molecule has 1 aliphatic heterocycles. The molecule has 2 aromatic heterocycles. The maximum atomic E-state index is 5.51. The second-order valence-electron chi connectivity index (χ2n) is 6.63. The fraction of sp³-hybridized carbons (Fsp3) is 0.136. The number of hydrogen-bond donors (Lipinski definition) is 1. The average molecular weight is 370 g/mol. The second-order valence-corrected chi connectivity index (χ2v) is 6.63. The lowest BCUT2D eigenvalue weighted by molar-refractivity contribution is 0.174. The van der Waals surface area contributed by atoms with Gasteiger partial charge in [-0.25, -0.2) is 9.97 Å². The first kappa shape index (κ1) is 16.5. The van der Waals surface area contributed by atoms with E-state index in [-0.39, 0.29) is 12.8 Å². The van der Waals surface area contributed by atoms with E-state index in [1.807, 2.05) is 54.6 Å². The van der Waals surface area contributed by atoms with Gasteiger partial charge in [-0.1, -0.05) is 18.2 Å².